The van der Waals surface area contributed by atoms with Crippen LogP contribution < -0.4 is 0 Å². The van der Waals surface area contributed by atoms with Crippen molar-refractivity contribution in [3.05, 3.63) is 0 Å². The molecule has 0 bridgehead atoms. The van der Waals surface area contributed by atoms with Gasteiger partial charge in [0.05, 0.1) is 0 Å². The third-order valence-corrected chi connectivity index (χ3v) is 0. The van der Waals surface area contributed by atoms with E-state index in [9.17, 15) is 0 Å². The van der Waals surface area contributed by atoms with E-state index in [2.05, 4.69) is 0 Å². The Kier molecular flexibility index (Phi) is 106. The fourth-order valence-corrected chi connectivity index (χ4v) is 0. The Morgan fingerprint density at radius 3 is 1.40 bits per heavy atom. The second-order valence-corrected chi connectivity index (χ2v) is 0. The first kappa shape index (κ1) is 22.6. The average Bonchev–Trinajstić information content (AvgIpc) is 1.00. The molecular formula is H7AlBaCaOSr. The van der Waals surface area contributed by atoms with E-state index in [-0.39, 0.29) is 141 Å². The summed E-state index contributed by atoms with van der Waals surface area (Å²) < 4.78 is 8.28. The van der Waals surface area contributed by atoms with Crippen molar-refractivity contribution in [3.63, 3.8) is 0 Å². The molecule has 0 radical (unpaired) electrons. The van der Waals surface area contributed by atoms with Crippen molar-refractivity contribution >= 4 is 148 Å². The maximum Gasteiger partial charge on any atom is 2.00 e. The molecule has 0 aliphatic heterocycles. The van der Waals surface area contributed by atoms with Crippen molar-refractivity contribution in [2.45, 2.75) is 0 Å². The van der Waals surface area contributed by atoms with Gasteiger partial charge >= 0.3 is 152 Å². The van der Waals surface area contributed by atoms with E-state index < -0.39 is 0 Å². The van der Waals surface area contributed by atoms with Gasteiger partial charge in [-0.3, -0.25) is 0 Å². The molecule has 0 aromatic heterocycles. The van der Waals surface area contributed by atoms with Crippen molar-refractivity contribution in [2.75, 3.05) is 0 Å². The van der Waals surface area contributed by atoms with E-state index in [0.717, 1.165) is 0 Å². The normalized spacial score (nSPS) is 0.600. The van der Waals surface area contributed by atoms with Gasteiger partial charge in [-0.15, -0.1) is 0 Å². The largest absolute Gasteiger partial charge is 2.00 e. The van der Waals surface area contributed by atoms with Crippen LogP contribution in [0.2, 0.25) is 0 Å². The molecule has 0 aliphatic carbocycles. The van der Waals surface area contributed by atoms with E-state index in [1.54, 1.807) is 0 Å². The van der Waals surface area contributed by atoms with Crippen LogP contribution in [0.15, 0.2) is 0 Å². The first-order valence-electron chi connectivity index (χ1n) is 0.289. The van der Waals surface area contributed by atoms with Gasteiger partial charge in [-0.1, -0.05) is 0 Å². The number of rotatable bonds is 0. The van der Waals surface area contributed by atoms with Crippen LogP contribution in [-0.4, -0.2) is 148 Å². The first-order valence-corrected chi connectivity index (χ1v) is 0.866. The summed E-state index contributed by atoms with van der Waals surface area (Å²) in [5, 5.41) is 0. The monoisotopic (exact) mass is 316 g/mol. The van der Waals surface area contributed by atoms with E-state index in [1.807, 2.05) is 0 Å². The van der Waals surface area contributed by atoms with Gasteiger partial charge in [-0.2, -0.15) is 0 Å². The van der Waals surface area contributed by atoms with Crippen LogP contribution >= 0.6 is 0 Å². The van der Waals surface area contributed by atoms with Gasteiger partial charge in [-0.05, 0) is 0 Å². The molecule has 5 heavy (non-hydrogen) atoms. The van der Waals surface area contributed by atoms with E-state index in [1.165, 1.54) is 0 Å². The smallest absolute Gasteiger partial charge is 2.00 e. The second kappa shape index (κ2) is 23.4. The van der Waals surface area contributed by atoms with Crippen LogP contribution in [0, 0.1) is 0 Å². The molecular weight excluding hydrogens is 308 g/mol. The Labute approximate surface area is 156 Å². The molecule has 0 saturated heterocycles. The van der Waals surface area contributed by atoms with Crippen LogP contribution in [0.1, 0.15) is 8.56 Å². The predicted molar refractivity (Wildman–Crippen MR) is 31.8 cm³/mol. The van der Waals surface area contributed by atoms with Gasteiger partial charge in [-0.25, -0.2) is 0 Å². The summed E-state index contributed by atoms with van der Waals surface area (Å²) in [6.45, 7) is 0. The van der Waals surface area contributed by atoms with Crippen molar-refractivity contribution in [3.8, 4) is 0 Å². The summed E-state index contributed by atoms with van der Waals surface area (Å²) in [5.41, 5.74) is 0. The summed E-state index contributed by atoms with van der Waals surface area (Å²) in [6, 6.07) is 0. The van der Waals surface area contributed by atoms with Gasteiger partial charge < -0.3 is 8.56 Å². The SMILES string of the molecule is [Ba+2].[Ca+2].[H-].[H-].[H-].[H-].[H-].[H-].[O]=[AlH].[Sr+2]. The maximum absolute atomic E-state index is 8.28. The van der Waals surface area contributed by atoms with Crippen LogP contribution in [0.4, 0.5) is 0 Å². The molecule has 22 valence electrons. The van der Waals surface area contributed by atoms with Gasteiger partial charge in [0.15, 0.2) is 0 Å². The molecule has 0 heterocycles. The summed E-state index contributed by atoms with van der Waals surface area (Å²) >= 11 is 0.611. The van der Waals surface area contributed by atoms with Gasteiger partial charge in [0.2, 0.25) is 0 Å². The summed E-state index contributed by atoms with van der Waals surface area (Å²) in [4.78, 5) is 0. The van der Waals surface area contributed by atoms with E-state index >= 15 is 0 Å². The zero-order valence-corrected chi connectivity index (χ0v) is 14.8. The molecule has 1 nitrogen and oxygen atoms in total. The van der Waals surface area contributed by atoms with E-state index in [0.29, 0.717) is 16.2 Å². The summed E-state index contributed by atoms with van der Waals surface area (Å²) in [6.07, 6.45) is 0. The van der Waals surface area contributed by atoms with Crippen molar-refractivity contribution < 1.29 is 12.4 Å². The minimum atomic E-state index is 0. The molecule has 0 spiro atoms. The Bertz CT molecular complexity index is 22.5. The van der Waals surface area contributed by atoms with Gasteiger partial charge in [0.25, 0.3) is 0 Å². The average molecular weight is 315 g/mol. The van der Waals surface area contributed by atoms with Crippen LogP contribution in [0.25, 0.3) is 0 Å². The number of hydrogen-bond acceptors (Lipinski definition) is 1. The zero-order chi connectivity index (χ0) is 2.00. The molecule has 0 atom stereocenters. The number of hydrogen-bond donors (Lipinski definition) is 0. The molecule has 0 aromatic rings. The molecule has 5 heteroatoms. The molecule has 0 aromatic carbocycles. The minimum Gasteiger partial charge on any atom is 2.00 e. The quantitative estimate of drug-likeness (QED) is 0.512. The zero-order valence-electron chi connectivity index (χ0n) is 9.24. The van der Waals surface area contributed by atoms with Gasteiger partial charge in [0.1, 0.15) is 0 Å². The first-order chi connectivity index (χ1) is 1.00. The third kappa shape index (κ3) is 17.7. The molecule has 0 aliphatic rings. The van der Waals surface area contributed by atoms with Crippen molar-refractivity contribution in [2.24, 2.45) is 0 Å². The van der Waals surface area contributed by atoms with Crippen molar-refractivity contribution in [1.82, 2.24) is 0 Å². The van der Waals surface area contributed by atoms with Crippen LogP contribution in [-0.2, 0) is 3.80 Å². The topological polar surface area (TPSA) is 17.1 Å². The van der Waals surface area contributed by atoms with Gasteiger partial charge in [0, 0.05) is 0 Å². The summed E-state index contributed by atoms with van der Waals surface area (Å²) in [5.74, 6) is 0. The Morgan fingerprint density at radius 2 is 1.40 bits per heavy atom. The Hall–Kier alpha value is 4.64. The van der Waals surface area contributed by atoms with Crippen molar-refractivity contribution in [1.29, 1.82) is 0 Å². The van der Waals surface area contributed by atoms with Crippen LogP contribution in [0.5, 0.6) is 0 Å². The molecule has 0 saturated carbocycles. The Morgan fingerprint density at radius 1 is 1.40 bits per heavy atom. The molecule has 0 fully saturated rings. The van der Waals surface area contributed by atoms with Crippen LogP contribution in [0.3, 0.4) is 0 Å². The minimum absolute atomic E-state index is 0. The molecule has 0 unspecified atom stereocenters. The Balaban J connectivity index is -0.000000000139. The fourth-order valence-electron chi connectivity index (χ4n) is 0. The standard InChI is InChI=1S/Al.Ba.Ca.O.Sr.7H/q;2*+2;;+2;;6*-1. The predicted octanol–water partition coefficient (Wildman–Crippen LogP) is -1.23. The fraction of sp³-hybridized carbons (Fsp3) is 0. The third-order valence-electron chi connectivity index (χ3n) is 0. The molecule has 0 N–H and O–H groups in total. The molecule has 0 rings (SSSR count). The second-order valence-electron chi connectivity index (χ2n) is 0. The molecule has 0 amide bonds. The maximum atomic E-state index is 8.28. The van der Waals surface area contributed by atoms with E-state index in [4.69, 9.17) is 3.80 Å². The summed E-state index contributed by atoms with van der Waals surface area (Å²) in [7, 11) is 0.